The van der Waals surface area contributed by atoms with Crippen LogP contribution in [0.5, 0.6) is 11.5 Å². The van der Waals surface area contributed by atoms with Crippen LogP contribution in [-0.2, 0) is 10.0 Å². The van der Waals surface area contributed by atoms with E-state index >= 15 is 0 Å². The van der Waals surface area contributed by atoms with Crippen molar-refractivity contribution in [3.05, 3.63) is 53.6 Å². The van der Waals surface area contributed by atoms with Gasteiger partial charge in [-0.05, 0) is 29.8 Å². The number of benzene rings is 2. The second-order valence-electron chi connectivity index (χ2n) is 4.41. The average Bonchev–Trinajstić information content (AvgIpc) is 2.49. The molecule has 0 spiro atoms. The molecule has 0 atom stereocenters. The molecule has 9 heteroatoms. The van der Waals surface area contributed by atoms with Gasteiger partial charge in [0.15, 0.2) is 17.3 Å². The summed E-state index contributed by atoms with van der Waals surface area (Å²) in [7, 11) is -4.02. The minimum atomic E-state index is -4.02. The predicted molar refractivity (Wildman–Crippen MR) is 83.3 cm³/mol. The average molecular weight is 352 g/mol. The number of para-hydroxylation sites is 1. The SMILES string of the molecule is [C-]#[N+]c1ccc2c(c1Oc1ccccc1F)NC(Cl)=NS2(=O)=O. The Morgan fingerprint density at radius 2 is 2.00 bits per heavy atom. The number of anilines is 1. The van der Waals surface area contributed by atoms with Crippen molar-refractivity contribution in [3.63, 3.8) is 0 Å². The highest BCUT2D eigenvalue weighted by Gasteiger charge is 2.29. The maximum Gasteiger partial charge on any atom is 0.287 e. The molecule has 6 nitrogen and oxygen atoms in total. The molecule has 116 valence electrons. The van der Waals surface area contributed by atoms with E-state index in [1.54, 1.807) is 6.07 Å². The number of rotatable bonds is 2. The third-order valence-corrected chi connectivity index (χ3v) is 4.57. The fourth-order valence-corrected chi connectivity index (χ4v) is 3.36. The standard InChI is InChI=1S/C14H7ClFN3O3S/c1-17-9-6-7-11-12(18-14(15)19-23(11,20)21)13(9)22-10-5-3-2-4-8(10)16/h2-7H,(H,18,19). The van der Waals surface area contributed by atoms with Crippen LogP contribution >= 0.6 is 11.6 Å². The number of sulfonamides is 1. The van der Waals surface area contributed by atoms with E-state index in [1.807, 2.05) is 0 Å². The molecule has 1 N–H and O–H groups in total. The Hall–Kier alpha value is -2.63. The highest BCUT2D eigenvalue weighted by molar-refractivity contribution is 7.90. The van der Waals surface area contributed by atoms with Crippen molar-refractivity contribution in [1.82, 2.24) is 0 Å². The van der Waals surface area contributed by atoms with Gasteiger partial charge in [-0.3, -0.25) is 0 Å². The first-order valence-electron chi connectivity index (χ1n) is 6.17. The first kappa shape index (κ1) is 15.3. The molecule has 0 radical (unpaired) electrons. The lowest BCUT2D eigenvalue weighted by Crippen LogP contribution is -2.17. The Labute approximate surface area is 136 Å². The molecule has 1 aliphatic heterocycles. The van der Waals surface area contributed by atoms with Crippen LogP contribution in [0.15, 0.2) is 45.7 Å². The lowest BCUT2D eigenvalue weighted by molar-refractivity contribution is 0.445. The van der Waals surface area contributed by atoms with Gasteiger partial charge in [-0.25, -0.2) is 9.24 Å². The lowest BCUT2D eigenvalue weighted by Gasteiger charge is -2.19. The van der Waals surface area contributed by atoms with E-state index in [-0.39, 0.29) is 27.8 Å². The second kappa shape index (κ2) is 5.53. The number of hydrogen-bond donors (Lipinski definition) is 1. The predicted octanol–water partition coefficient (Wildman–Crippen LogP) is 3.88. The van der Waals surface area contributed by atoms with Gasteiger partial charge in [0.25, 0.3) is 10.0 Å². The van der Waals surface area contributed by atoms with Gasteiger partial charge in [-0.1, -0.05) is 18.2 Å². The fraction of sp³-hybridized carbons (Fsp3) is 0. The van der Waals surface area contributed by atoms with Crippen LogP contribution < -0.4 is 10.1 Å². The van der Waals surface area contributed by atoms with E-state index in [1.165, 1.54) is 30.3 Å². The van der Waals surface area contributed by atoms with Crippen LogP contribution in [0.3, 0.4) is 0 Å². The minimum Gasteiger partial charge on any atom is -0.463 e. The van der Waals surface area contributed by atoms with Gasteiger partial charge in [0, 0.05) is 0 Å². The maximum absolute atomic E-state index is 13.8. The molecule has 0 fully saturated rings. The molecule has 0 aliphatic carbocycles. The van der Waals surface area contributed by atoms with Gasteiger partial charge in [0.05, 0.1) is 12.3 Å². The number of nitrogens with zero attached hydrogens (tertiary/aromatic N) is 2. The summed E-state index contributed by atoms with van der Waals surface area (Å²) in [6.45, 7) is 7.18. The Morgan fingerprint density at radius 3 is 2.70 bits per heavy atom. The summed E-state index contributed by atoms with van der Waals surface area (Å²) < 4.78 is 46.6. The molecule has 2 aromatic carbocycles. The maximum atomic E-state index is 13.8. The molecule has 1 heterocycles. The van der Waals surface area contributed by atoms with Crippen molar-refractivity contribution in [2.24, 2.45) is 4.40 Å². The summed E-state index contributed by atoms with van der Waals surface area (Å²) in [6.07, 6.45) is 0. The van der Waals surface area contributed by atoms with Gasteiger partial charge < -0.3 is 10.1 Å². The zero-order valence-electron chi connectivity index (χ0n) is 11.2. The zero-order chi connectivity index (χ0) is 16.6. The first-order valence-corrected chi connectivity index (χ1v) is 7.98. The van der Waals surface area contributed by atoms with Gasteiger partial charge >= 0.3 is 0 Å². The Balaban J connectivity index is 2.22. The molecule has 0 bridgehead atoms. The first-order chi connectivity index (χ1) is 10.9. The van der Waals surface area contributed by atoms with E-state index in [0.717, 1.165) is 0 Å². The number of fused-ring (bicyclic) bond motifs is 1. The van der Waals surface area contributed by atoms with Crippen molar-refractivity contribution in [1.29, 1.82) is 0 Å². The number of amidine groups is 1. The summed E-state index contributed by atoms with van der Waals surface area (Å²) in [5.41, 5.74) is -0.0529. The molecule has 1 aliphatic rings. The van der Waals surface area contributed by atoms with Gasteiger partial charge in [0.2, 0.25) is 11.0 Å². The largest absolute Gasteiger partial charge is 0.463 e. The van der Waals surface area contributed by atoms with E-state index in [2.05, 4.69) is 14.6 Å². The summed E-state index contributed by atoms with van der Waals surface area (Å²) in [4.78, 5) is 3.05. The minimum absolute atomic E-state index is 0.000990. The molecule has 23 heavy (non-hydrogen) atoms. The van der Waals surface area contributed by atoms with Crippen LogP contribution in [0.25, 0.3) is 4.85 Å². The molecular formula is C14H7ClFN3O3S. The van der Waals surface area contributed by atoms with E-state index < -0.39 is 21.1 Å². The summed E-state index contributed by atoms with van der Waals surface area (Å²) >= 11 is 5.68. The second-order valence-corrected chi connectivity index (χ2v) is 6.34. The normalized spacial score (nSPS) is 14.9. The molecule has 0 amide bonds. The summed E-state index contributed by atoms with van der Waals surface area (Å²) in [6, 6.07) is 8.03. The van der Waals surface area contributed by atoms with Crippen LogP contribution in [0.1, 0.15) is 0 Å². The third-order valence-electron chi connectivity index (χ3n) is 2.97. The van der Waals surface area contributed by atoms with Crippen LogP contribution in [0, 0.1) is 12.4 Å². The van der Waals surface area contributed by atoms with E-state index in [9.17, 15) is 12.8 Å². The topological polar surface area (TPSA) is 72.1 Å². The van der Waals surface area contributed by atoms with Crippen LogP contribution in [0.4, 0.5) is 15.8 Å². The van der Waals surface area contributed by atoms with E-state index in [0.29, 0.717) is 0 Å². The molecule has 0 saturated heterocycles. The van der Waals surface area contributed by atoms with Gasteiger partial charge in [-0.2, -0.15) is 8.42 Å². The summed E-state index contributed by atoms with van der Waals surface area (Å²) in [5, 5.41) is 2.15. The highest BCUT2D eigenvalue weighted by Crippen LogP contribution is 2.45. The van der Waals surface area contributed by atoms with Crippen molar-refractivity contribution in [2.75, 3.05) is 5.32 Å². The Bertz CT molecular complexity index is 983. The van der Waals surface area contributed by atoms with Gasteiger partial charge in [-0.15, -0.1) is 4.40 Å². The molecule has 0 unspecified atom stereocenters. The van der Waals surface area contributed by atoms with Crippen molar-refractivity contribution in [3.8, 4) is 11.5 Å². The fourth-order valence-electron chi connectivity index (χ4n) is 2.00. The van der Waals surface area contributed by atoms with Crippen molar-refractivity contribution >= 4 is 38.3 Å². The number of hydrogen-bond acceptors (Lipinski definition) is 4. The van der Waals surface area contributed by atoms with Crippen molar-refractivity contribution in [2.45, 2.75) is 4.90 Å². The highest BCUT2D eigenvalue weighted by atomic mass is 35.5. The number of ether oxygens (including phenoxy) is 1. The molecule has 3 rings (SSSR count). The Morgan fingerprint density at radius 1 is 1.26 bits per heavy atom. The quantitative estimate of drug-likeness (QED) is 0.658. The number of nitrogens with one attached hydrogen (secondary N) is 1. The monoisotopic (exact) mass is 351 g/mol. The lowest BCUT2D eigenvalue weighted by atomic mass is 10.2. The summed E-state index contributed by atoms with van der Waals surface area (Å²) in [5.74, 6) is -0.942. The number of halogens is 2. The zero-order valence-corrected chi connectivity index (χ0v) is 12.8. The smallest absolute Gasteiger partial charge is 0.287 e. The van der Waals surface area contributed by atoms with E-state index in [4.69, 9.17) is 22.9 Å². The molecule has 0 aromatic heterocycles. The third kappa shape index (κ3) is 2.72. The van der Waals surface area contributed by atoms with Crippen LogP contribution in [0.2, 0.25) is 0 Å². The Kier molecular flexibility index (Phi) is 3.67. The van der Waals surface area contributed by atoms with Crippen LogP contribution in [-0.4, -0.2) is 13.7 Å². The van der Waals surface area contributed by atoms with Crippen molar-refractivity contribution < 1.29 is 17.5 Å². The molecule has 0 saturated carbocycles. The molecular weight excluding hydrogens is 345 g/mol. The molecule has 2 aromatic rings. The van der Waals surface area contributed by atoms with Gasteiger partial charge in [0.1, 0.15) is 4.90 Å².